The molecule has 0 atom stereocenters. The van der Waals surface area contributed by atoms with Gasteiger partial charge in [0, 0.05) is 10.7 Å². The second-order valence-corrected chi connectivity index (χ2v) is 7.29. The van der Waals surface area contributed by atoms with E-state index in [1.165, 1.54) is 6.33 Å². The van der Waals surface area contributed by atoms with E-state index in [1.54, 1.807) is 17.1 Å². The number of aromatic nitrogens is 2. The molecule has 4 aromatic rings. The van der Waals surface area contributed by atoms with Crippen LogP contribution < -0.4 is 15.8 Å². The van der Waals surface area contributed by atoms with Crippen LogP contribution in [-0.2, 0) is 0 Å². The lowest BCUT2D eigenvalue weighted by molar-refractivity contribution is -0.383. The third-order valence-corrected chi connectivity index (χ3v) is 5.09. The van der Waals surface area contributed by atoms with Gasteiger partial charge in [-0.3, -0.25) is 20.5 Å². The summed E-state index contributed by atoms with van der Waals surface area (Å²) in [6, 6.07) is 24.2. The number of hydrazine groups is 1. The summed E-state index contributed by atoms with van der Waals surface area (Å²) in [5.74, 6) is 0.0897. The fraction of sp³-hybridized carbons (Fsp3) is 0.0435. The van der Waals surface area contributed by atoms with Crippen molar-refractivity contribution in [2.75, 3.05) is 15.8 Å². The van der Waals surface area contributed by atoms with Gasteiger partial charge in [-0.2, -0.15) is 0 Å². The zero-order chi connectivity index (χ0) is 22.5. The molecule has 1 aromatic heterocycles. The Labute approximate surface area is 189 Å². The Morgan fingerprint density at radius 1 is 0.906 bits per heavy atom. The van der Waals surface area contributed by atoms with E-state index in [-0.39, 0.29) is 17.3 Å². The van der Waals surface area contributed by atoms with Crippen molar-refractivity contribution in [3.8, 4) is 0 Å². The minimum Gasteiger partial charge on any atom is -0.334 e. The number of rotatable bonds is 7. The SMILES string of the molecule is Cc1ccc(Nc2ncnc(NN(c3ccccc3)c3ccccc3)c2[N+](=O)[O-])cc1Cl. The van der Waals surface area contributed by atoms with Gasteiger partial charge in [0.25, 0.3) is 0 Å². The summed E-state index contributed by atoms with van der Waals surface area (Å²) in [6.45, 7) is 1.88. The fourth-order valence-corrected chi connectivity index (χ4v) is 3.25. The van der Waals surface area contributed by atoms with Crippen molar-refractivity contribution in [3.63, 3.8) is 0 Å². The molecular formula is C23H19ClN6O2. The number of anilines is 5. The number of hydrogen-bond acceptors (Lipinski definition) is 7. The molecular weight excluding hydrogens is 428 g/mol. The molecule has 0 aliphatic heterocycles. The second kappa shape index (κ2) is 9.32. The topological polar surface area (TPSA) is 96.2 Å². The molecule has 8 nitrogen and oxygen atoms in total. The number of nitrogens with one attached hydrogen (secondary N) is 2. The summed E-state index contributed by atoms with van der Waals surface area (Å²) in [7, 11) is 0. The van der Waals surface area contributed by atoms with Crippen molar-refractivity contribution in [3.05, 3.63) is 106 Å². The lowest BCUT2D eigenvalue weighted by atomic mass is 10.2. The van der Waals surface area contributed by atoms with Crippen LogP contribution in [0, 0.1) is 17.0 Å². The molecule has 0 aliphatic carbocycles. The van der Waals surface area contributed by atoms with Gasteiger partial charge in [0.2, 0.25) is 11.6 Å². The largest absolute Gasteiger partial charge is 0.355 e. The molecule has 9 heteroatoms. The quantitative estimate of drug-likeness (QED) is 0.255. The molecule has 0 aliphatic rings. The predicted octanol–water partition coefficient (Wildman–Crippen LogP) is 6.26. The van der Waals surface area contributed by atoms with Crippen LogP contribution >= 0.6 is 11.6 Å². The smallest absolute Gasteiger partial charge is 0.334 e. The highest BCUT2D eigenvalue weighted by Gasteiger charge is 2.25. The van der Waals surface area contributed by atoms with Gasteiger partial charge in [0.05, 0.1) is 16.3 Å². The lowest BCUT2D eigenvalue weighted by Gasteiger charge is -2.26. The number of aryl methyl sites for hydroxylation is 1. The van der Waals surface area contributed by atoms with Crippen LogP contribution in [0.15, 0.2) is 85.2 Å². The van der Waals surface area contributed by atoms with Crippen molar-refractivity contribution < 1.29 is 4.92 Å². The number of hydrogen-bond donors (Lipinski definition) is 2. The highest BCUT2D eigenvalue weighted by atomic mass is 35.5. The predicted molar refractivity (Wildman–Crippen MR) is 127 cm³/mol. The van der Waals surface area contributed by atoms with E-state index in [9.17, 15) is 10.1 Å². The molecule has 1 heterocycles. The van der Waals surface area contributed by atoms with E-state index >= 15 is 0 Å². The molecule has 4 rings (SSSR count). The number of para-hydroxylation sites is 2. The standard InChI is InChI=1S/C23H19ClN6O2/c1-16-12-13-17(14-20(16)24)27-22-21(30(31)32)23(26-15-25-22)28-29(18-8-4-2-5-9-18)19-10-6-3-7-11-19/h2-15H,1H3,(H2,25,26,27,28). The molecule has 0 radical (unpaired) electrons. The summed E-state index contributed by atoms with van der Waals surface area (Å²) in [5, 5.41) is 17.3. The summed E-state index contributed by atoms with van der Waals surface area (Å²) >= 11 is 6.19. The minimum absolute atomic E-state index is 0.0402. The summed E-state index contributed by atoms with van der Waals surface area (Å²) in [4.78, 5) is 19.7. The molecule has 3 aromatic carbocycles. The van der Waals surface area contributed by atoms with Crippen LogP contribution in [0.2, 0.25) is 5.02 Å². The average Bonchev–Trinajstić information content (AvgIpc) is 2.81. The minimum atomic E-state index is -0.519. The maximum absolute atomic E-state index is 12.0. The first kappa shape index (κ1) is 21.1. The van der Waals surface area contributed by atoms with E-state index in [4.69, 9.17) is 11.6 Å². The number of nitro groups is 1. The molecule has 0 unspecified atom stereocenters. The summed E-state index contributed by atoms with van der Waals surface area (Å²) in [5.41, 5.74) is 5.84. The monoisotopic (exact) mass is 446 g/mol. The van der Waals surface area contributed by atoms with Gasteiger partial charge in [0.1, 0.15) is 6.33 Å². The van der Waals surface area contributed by atoms with Crippen molar-refractivity contribution in [1.29, 1.82) is 0 Å². The van der Waals surface area contributed by atoms with Gasteiger partial charge in [-0.05, 0) is 48.9 Å². The van der Waals surface area contributed by atoms with Gasteiger partial charge in [-0.25, -0.2) is 9.97 Å². The van der Waals surface area contributed by atoms with Gasteiger partial charge in [-0.1, -0.05) is 54.1 Å². The Morgan fingerprint density at radius 2 is 1.50 bits per heavy atom. The fourth-order valence-electron chi connectivity index (χ4n) is 3.07. The second-order valence-electron chi connectivity index (χ2n) is 6.88. The van der Waals surface area contributed by atoms with Crippen molar-refractivity contribution >= 4 is 46.0 Å². The first-order valence-electron chi connectivity index (χ1n) is 9.72. The van der Waals surface area contributed by atoms with E-state index < -0.39 is 4.92 Å². The van der Waals surface area contributed by atoms with Crippen LogP contribution in [0.4, 0.5) is 34.4 Å². The zero-order valence-corrected chi connectivity index (χ0v) is 17.8. The number of nitrogens with zero attached hydrogens (tertiary/aromatic N) is 4. The van der Waals surface area contributed by atoms with E-state index in [1.807, 2.05) is 73.7 Å². The van der Waals surface area contributed by atoms with Gasteiger partial charge in [-0.15, -0.1) is 0 Å². The summed E-state index contributed by atoms with van der Waals surface area (Å²) < 4.78 is 0. The molecule has 0 saturated heterocycles. The Morgan fingerprint density at radius 3 is 2.06 bits per heavy atom. The maximum Gasteiger partial charge on any atom is 0.355 e. The van der Waals surface area contributed by atoms with Crippen molar-refractivity contribution in [2.24, 2.45) is 0 Å². The van der Waals surface area contributed by atoms with Gasteiger partial charge >= 0.3 is 5.69 Å². The molecule has 2 N–H and O–H groups in total. The highest BCUT2D eigenvalue weighted by molar-refractivity contribution is 6.31. The molecule has 0 bridgehead atoms. The van der Waals surface area contributed by atoms with Crippen LogP contribution in [0.25, 0.3) is 0 Å². The Hall–Kier alpha value is -4.17. The average molecular weight is 447 g/mol. The third-order valence-electron chi connectivity index (χ3n) is 4.69. The molecule has 0 amide bonds. The number of halogens is 1. The molecule has 0 spiro atoms. The van der Waals surface area contributed by atoms with Gasteiger partial charge in [0.15, 0.2) is 0 Å². The van der Waals surface area contributed by atoms with E-state index in [0.29, 0.717) is 10.7 Å². The van der Waals surface area contributed by atoms with Gasteiger partial charge < -0.3 is 5.32 Å². The Bertz CT molecular complexity index is 1200. The first-order valence-corrected chi connectivity index (χ1v) is 10.1. The van der Waals surface area contributed by atoms with Crippen molar-refractivity contribution in [2.45, 2.75) is 6.92 Å². The molecule has 160 valence electrons. The Kier molecular flexibility index (Phi) is 6.14. The van der Waals surface area contributed by atoms with E-state index in [2.05, 4.69) is 20.7 Å². The summed E-state index contributed by atoms with van der Waals surface area (Å²) in [6.07, 6.45) is 1.27. The highest BCUT2D eigenvalue weighted by Crippen LogP contribution is 2.34. The van der Waals surface area contributed by atoms with Crippen LogP contribution in [-0.4, -0.2) is 14.9 Å². The Balaban J connectivity index is 1.74. The molecule has 0 saturated carbocycles. The molecule has 32 heavy (non-hydrogen) atoms. The zero-order valence-electron chi connectivity index (χ0n) is 17.1. The van der Waals surface area contributed by atoms with Crippen LogP contribution in [0.1, 0.15) is 5.56 Å². The lowest BCUT2D eigenvalue weighted by Crippen LogP contribution is -2.26. The number of benzene rings is 3. The molecule has 0 fully saturated rings. The van der Waals surface area contributed by atoms with Crippen LogP contribution in [0.5, 0.6) is 0 Å². The maximum atomic E-state index is 12.0. The normalized spacial score (nSPS) is 10.4. The third kappa shape index (κ3) is 4.60. The van der Waals surface area contributed by atoms with E-state index in [0.717, 1.165) is 16.9 Å². The van der Waals surface area contributed by atoms with Crippen molar-refractivity contribution in [1.82, 2.24) is 9.97 Å². The van der Waals surface area contributed by atoms with Crippen LogP contribution in [0.3, 0.4) is 0 Å². The first-order chi connectivity index (χ1) is 15.5.